The van der Waals surface area contributed by atoms with Gasteiger partial charge in [-0.05, 0) is 65.6 Å². The molecular weight excluding hydrogens is 230 g/mol. The van der Waals surface area contributed by atoms with Crippen LogP contribution in [0.2, 0.25) is 0 Å². The zero-order valence-corrected chi connectivity index (χ0v) is 12.2. The fourth-order valence-electron chi connectivity index (χ4n) is 2.45. The molecule has 0 saturated carbocycles. The maximum atomic E-state index is 6.03. The van der Waals surface area contributed by atoms with Crippen molar-refractivity contribution in [2.75, 3.05) is 20.1 Å². The fourth-order valence-corrected chi connectivity index (χ4v) is 2.61. The predicted molar refractivity (Wildman–Crippen MR) is 77.7 cm³/mol. The van der Waals surface area contributed by atoms with Gasteiger partial charge in [0.25, 0.3) is 0 Å². The fraction of sp³-hybridized carbons (Fsp3) is 0.733. The van der Waals surface area contributed by atoms with E-state index in [1.54, 1.807) is 0 Å². The number of piperidine rings is 1. The summed E-state index contributed by atoms with van der Waals surface area (Å²) in [6.45, 7) is 6.63. The molecule has 0 aromatic rings. The molecule has 98 valence electrons. The van der Waals surface area contributed by atoms with Crippen molar-refractivity contribution in [2.45, 2.75) is 44.9 Å². The molecule has 1 heterocycles. The van der Waals surface area contributed by atoms with Gasteiger partial charge in [-0.2, -0.15) is 0 Å². The van der Waals surface area contributed by atoms with Crippen molar-refractivity contribution in [3.05, 3.63) is 23.8 Å². The Bertz CT molecular complexity index is 260. The number of rotatable bonds is 5. The molecule has 0 N–H and O–H groups in total. The molecule has 1 unspecified atom stereocenters. The molecule has 0 bridgehead atoms. The van der Waals surface area contributed by atoms with Gasteiger partial charge in [0.1, 0.15) is 0 Å². The Kier molecular flexibility index (Phi) is 6.91. The largest absolute Gasteiger partial charge is 0.306 e. The third-order valence-electron chi connectivity index (χ3n) is 3.50. The highest BCUT2D eigenvalue weighted by Gasteiger charge is 2.16. The molecule has 0 amide bonds. The summed E-state index contributed by atoms with van der Waals surface area (Å²) >= 11 is 6.03. The minimum absolute atomic E-state index is 0.138. The average Bonchev–Trinajstić information content (AvgIpc) is 2.27. The van der Waals surface area contributed by atoms with Gasteiger partial charge in [-0.15, -0.1) is 11.6 Å². The summed E-state index contributed by atoms with van der Waals surface area (Å²) in [5.41, 5.74) is 1.40. The van der Waals surface area contributed by atoms with Crippen LogP contribution in [-0.2, 0) is 0 Å². The van der Waals surface area contributed by atoms with Crippen LogP contribution in [0.4, 0.5) is 0 Å². The smallest absolute Gasteiger partial charge is 0.0493 e. The number of nitrogens with zero attached hydrogens (tertiary/aromatic N) is 1. The van der Waals surface area contributed by atoms with E-state index in [1.165, 1.54) is 44.3 Å². The number of allylic oxidation sites excluding steroid dienone is 4. The van der Waals surface area contributed by atoms with Crippen molar-refractivity contribution < 1.29 is 0 Å². The first-order chi connectivity index (χ1) is 8.11. The van der Waals surface area contributed by atoms with Crippen LogP contribution < -0.4 is 0 Å². The number of likely N-dealkylation sites (tertiary alicyclic amines) is 1. The maximum absolute atomic E-state index is 6.03. The van der Waals surface area contributed by atoms with Crippen LogP contribution in [-0.4, -0.2) is 30.4 Å². The number of hydrogen-bond acceptors (Lipinski definition) is 1. The SMILES string of the molecule is C/C=C\C(=C/C(C)Cl)CCC1CCN(C)CC1. The van der Waals surface area contributed by atoms with Crippen LogP contribution in [0.3, 0.4) is 0 Å². The Morgan fingerprint density at radius 3 is 2.59 bits per heavy atom. The van der Waals surface area contributed by atoms with E-state index in [1.807, 2.05) is 6.92 Å². The first-order valence-electron chi connectivity index (χ1n) is 6.77. The van der Waals surface area contributed by atoms with Crippen molar-refractivity contribution in [3.8, 4) is 0 Å². The normalized spacial score (nSPS) is 22.2. The van der Waals surface area contributed by atoms with Gasteiger partial charge in [-0.3, -0.25) is 0 Å². The highest BCUT2D eigenvalue weighted by atomic mass is 35.5. The van der Waals surface area contributed by atoms with Crippen molar-refractivity contribution in [2.24, 2.45) is 5.92 Å². The van der Waals surface area contributed by atoms with Gasteiger partial charge in [0.05, 0.1) is 0 Å². The summed E-state index contributed by atoms with van der Waals surface area (Å²) in [5.74, 6) is 0.908. The van der Waals surface area contributed by atoms with E-state index < -0.39 is 0 Å². The van der Waals surface area contributed by atoms with Gasteiger partial charge >= 0.3 is 0 Å². The van der Waals surface area contributed by atoms with E-state index in [2.05, 4.69) is 37.1 Å². The monoisotopic (exact) mass is 255 g/mol. The third kappa shape index (κ3) is 6.28. The Morgan fingerprint density at radius 2 is 2.06 bits per heavy atom. The molecule has 1 rings (SSSR count). The second-order valence-corrected chi connectivity index (χ2v) is 5.89. The molecule has 1 atom stereocenters. The summed E-state index contributed by atoms with van der Waals surface area (Å²) in [7, 11) is 2.22. The minimum atomic E-state index is 0.138. The Hall–Kier alpha value is -0.270. The maximum Gasteiger partial charge on any atom is 0.0493 e. The second kappa shape index (κ2) is 7.94. The van der Waals surface area contributed by atoms with E-state index >= 15 is 0 Å². The molecule has 0 radical (unpaired) electrons. The lowest BCUT2D eigenvalue weighted by Gasteiger charge is -2.29. The number of alkyl halides is 1. The topological polar surface area (TPSA) is 3.24 Å². The summed E-state index contributed by atoms with van der Waals surface area (Å²) in [5, 5.41) is 0.138. The van der Waals surface area contributed by atoms with Crippen LogP contribution >= 0.6 is 11.6 Å². The van der Waals surface area contributed by atoms with Crippen LogP contribution in [0.25, 0.3) is 0 Å². The van der Waals surface area contributed by atoms with E-state index in [-0.39, 0.29) is 5.38 Å². The van der Waals surface area contributed by atoms with E-state index in [0.717, 1.165) is 5.92 Å². The first kappa shape index (κ1) is 14.8. The van der Waals surface area contributed by atoms with Crippen LogP contribution in [0, 0.1) is 5.92 Å². The molecule has 1 aliphatic heterocycles. The molecule has 0 aromatic carbocycles. The van der Waals surface area contributed by atoms with E-state index in [0.29, 0.717) is 0 Å². The quantitative estimate of drug-likeness (QED) is 0.525. The lowest BCUT2D eigenvalue weighted by atomic mass is 9.90. The summed E-state index contributed by atoms with van der Waals surface area (Å²) in [4.78, 5) is 2.43. The molecule has 2 heteroatoms. The molecule has 1 fully saturated rings. The number of halogens is 1. The highest BCUT2D eigenvalue weighted by Crippen LogP contribution is 2.23. The van der Waals surface area contributed by atoms with Gasteiger partial charge in [0, 0.05) is 5.38 Å². The lowest BCUT2D eigenvalue weighted by Crippen LogP contribution is -2.30. The van der Waals surface area contributed by atoms with Crippen molar-refractivity contribution in [1.82, 2.24) is 4.90 Å². The van der Waals surface area contributed by atoms with Crippen LogP contribution in [0.15, 0.2) is 23.8 Å². The lowest BCUT2D eigenvalue weighted by molar-refractivity contribution is 0.212. The second-order valence-electron chi connectivity index (χ2n) is 5.20. The zero-order valence-electron chi connectivity index (χ0n) is 11.5. The Morgan fingerprint density at radius 1 is 1.41 bits per heavy atom. The molecule has 1 saturated heterocycles. The zero-order chi connectivity index (χ0) is 12.7. The van der Waals surface area contributed by atoms with Gasteiger partial charge in [0.15, 0.2) is 0 Å². The van der Waals surface area contributed by atoms with Gasteiger partial charge < -0.3 is 4.90 Å². The standard InChI is InChI=1S/C15H26ClN/c1-4-5-15(12-13(2)16)7-6-14-8-10-17(3)11-9-14/h4-5,12-14H,6-11H2,1-3H3/b5-4-,15-12+. The Labute approximate surface area is 112 Å². The Balaban J connectivity index is 2.36. The highest BCUT2D eigenvalue weighted by molar-refractivity contribution is 6.21. The molecular formula is C15H26ClN. The summed E-state index contributed by atoms with van der Waals surface area (Å²) < 4.78 is 0. The van der Waals surface area contributed by atoms with E-state index in [4.69, 9.17) is 11.6 Å². The molecule has 0 aromatic heterocycles. The average molecular weight is 256 g/mol. The molecule has 1 aliphatic rings. The van der Waals surface area contributed by atoms with E-state index in [9.17, 15) is 0 Å². The van der Waals surface area contributed by atoms with Crippen LogP contribution in [0.1, 0.15) is 39.5 Å². The molecule has 0 spiro atoms. The van der Waals surface area contributed by atoms with Crippen molar-refractivity contribution >= 4 is 11.6 Å². The van der Waals surface area contributed by atoms with Gasteiger partial charge in [-0.1, -0.05) is 23.8 Å². The van der Waals surface area contributed by atoms with Crippen LogP contribution in [0.5, 0.6) is 0 Å². The first-order valence-corrected chi connectivity index (χ1v) is 7.21. The van der Waals surface area contributed by atoms with Crippen molar-refractivity contribution in [1.29, 1.82) is 0 Å². The van der Waals surface area contributed by atoms with Crippen molar-refractivity contribution in [3.63, 3.8) is 0 Å². The van der Waals surface area contributed by atoms with Gasteiger partial charge in [0.2, 0.25) is 0 Å². The number of hydrogen-bond donors (Lipinski definition) is 0. The summed E-state index contributed by atoms with van der Waals surface area (Å²) in [6.07, 6.45) is 11.7. The molecule has 17 heavy (non-hydrogen) atoms. The predicted octanol–water partition coefficient (Wildman–Crippen LogP) is 4.24. The summed E-state index contributed by atoms with van der Waals surface area (Å²) in [6, 6.07) is 0. The third-order valence-corrected chi connectivity index (χ3v) is 3.63. The minimum Gasteiger partial charge on any atom is -0.306 e. The molecule has 0 aliphatic carbocycles. The van der Waals surface area contributed by atoms with Gasteiger partial charge in [-0.25, -0.2) is 0 Å². The molecule has 1 nitrogen and oxygen atoms in total.